The summed E-state index contributed by atoms with van der Waals surface area (Å²) in [6.07, 6.45) is 1.16. The lowest BCUT2D eigenvalue weighted by molar-refractivity contribution is 0.303. The smallest absolute Gasteiger partial charge is 0.137 e. The SMILES string of the molecule is COc1c(Br)cc(Br)cc1CNC(CC(C)C)CN(C)C. The second kappa shape index (κ2) is 9.13. The molecule has 1 atom stereocenters. The number of ether oxygens (including phenoxy) is 1. The van der Waals surface area contributed by atoms with E-state index in [1.807, 2.05) is 6.07 Å². The number of halogens is 2. The summed E-state index contributed by atoms with van der Waals surface area (Å²) in [6.45, 7) is 6.36. The third-order valence-electron chi connectivity index (χ3n) is 3.21. The van der Waals surface area contributed by atoms with E-state index in [4.69, 9.17) is 4.74 Å². The fraction of sp³-hybridized carbons (Fsp3) is 0.625. The molecule has 0 fully saturated rings. The Kier molecular flexibility index (Phi) is 8.24. The first kappa shape index (κ1) is 18.9. The molecule has 0 aliphatic rings. The minimum atomic E-state index is 0.475. The van der Waals surface area contributed by atoms with Gasteiger partial charge in [0.15, 0.2) is 0 Å². The van der Waals surface area contributed by atoms with E-state index < -0.39 is 0 Å². The molecule has 120 valence electrons. The lowest BCUT2D eigenvalue weighted by Gasteiger charge is -2.24. The number of nitrogens with zero attached hydrogens (tertiary/aromatic N) is 1. The molecule has 0 radical (unpaired) electrons. The van der Waals surface area contributed by atoms with Gasteiger partial charge >= 0.3 is 0 Å². The maximum atomic E-state index is 5.51. The van der Waals surface area contributed by atoms with Gasteiger partial charge < -0.3 is 15.0 Å². The average Bonchev–Trinajstić information content (AvgIpc) is 2.34. The first-order valence-corrected chi connectivity index (χ1v) is 8.82. The van der Waals surface area contributed by atoms with Gasteiger partial charge in [-0.1, -0.05) is 29.8 Å². The minimum Gasteiger partial charge on any atom is -0.495 e. The second-order valence-electron chi connectivity index (χ2n) is 6.05. The van der Waals surface area contributed by atoms with Gasteiger partial charge in [-0.25, -0.2) is 0 Å². The predicted octanol–water partition coefficient (Wildman–Crippen LogP) is 4.29. The van der Waals surface area contributed by atoms with Gasteiger partial charge in [-0.15, -0.1) is 0 Å². The van der Waals surface area contributed by atoms with Crippen LogP contribution in [0, 0.1) is 5.92 Å². The molecule has 0 amide bonds. The van der Waals surface area contributed by atoms with Crippen LogP contribution in [0.3, 0.4) is 0 Å². The Morgan fingerprint density at radius 1 is 1.24 bits per heavy atom. The zero-order valence-electron chi connectivity index (χ0n) is 13.5. The molecule has 0 bridgehead atoms. The van der Waals surface area contributed by atoms with E-state index in [9.17, 15) is 0 Å². The highest BCUT2D eigenvalue weighted by atomic mass is 79.9. The maximum Gasteiger partial charge on any atom is 0.137 e. The van der Waals surface area contributed by atoms with E-state index in [1.165, 1.54) is 0 Å². The van der Waals surface area contributed by atoms with Crippen LogP contribution < -0.4 is 10.1 Å². The molecule has 0 saturated heterocycles. The van der Waals surface area contributed by atoms with Crippen LogP contribution in [-0.2, 0) is 6.54 Å². The van der Waals surface area contributed by atoms with Gasteiger partial charge in [-0.2, -0.15) is 0 Å². The molecule has 3 nitrogen and oxygen atoms in total. The highest BCUT2D eigenvalue weighted by molar-refractivity contribution is 9.11. The second-order valence-corrected chi connectivity index (χ2v) is 7.82. The molecule has 21 heavy (non-hydrogen) atoms. The number of nitrogens with one attached hydrogen (secondary N) is 1. The number of likely N-dealkylation sites (N-methyl/N-ethyl adjacent to an activating group) is 1. The third kappa shape index (κ3) is 6.68. The molecule has 0 aliphatic heterocycles. The number of methoxy groups -OCH3 is 1. The van der Waals surface area contributed by atoms with Crippen molar-refractivity contribution in [3.05, 3.63) is 26.6 Å². The first-order chi connectivity index (χ1) is 9.83. The van der Waals surface area contributed by atoms with Gasteiger partial charge in [0, 0.05) is 29.2 Å². The average molecular weight is 422 g/mol. The molecule has 0 aliphatic carbocycles. The van der Waals surface area contributed by atoms with Crippen molar-refractivity contribution >= 4 is 31.9 Å². The van der Waals surface area contributed by atoms with Crippen molar-refractivity contribution in [1.82, 2.24) is 10.2 Å². The highest BCUT2D eigenvalue weighted by Gasteiger charge is 2.14. The quantitative estimate of drug-likeness (QED) is 0.677. The lowest BCUT2D eigenvalue weighted by Crippen LogP contribution is -2.38. The fourth-order valence-electron chi connectivity index (χ4n) is 2.46. The summed E-state index contributed by atoms with van der Waals surface area (Å²) in [6, 6.07) is 4.59. The molecular weight excluding hydrogens is 396 g/mol. The molecule has 1 unspecified atom stereocenters. The van der Waals surface area contributed by atoms with E-state index in [0.717, 1.165) is 39.8 Å². The van der Waals surface area contributed by atoms with Gasteiger partial charge in [0.1, 0.15) is 5.75 Å². The van der Waals surface area contributed by atoms with Gasteiger partial charge in [0.25, 0.3) is 0 Å². The van der Waals surface area contributed by atoms with Crippen molar-refractivity contribution in [2.45, 2.75) is 32.9 Å². The highest BCUT2D eigenvalue weighted by Crippen LogP contribution is 2.32. The van der Waals surface area contributed by atoms with Crippen molar-refractivity contribution in [3.8, 4) is 5.75 Å². The van der Waals surface area contributed by atoms with Crippen LogP contribution in [0.1, 0.15) is 25.8 Å². The molecule has 5 heteroatoms. The van der Waals surface area contributed by atoms with Crippen molar-refractivity contribution in [1.29, 1.82) is 0 Å². The van der Waals surface area contributed by atoms with Crippen LogP contribution in [-0.4, -0.2) is 38.7 Å². The van der Waals surface area contributed by atoms with Crippen LogP contribution in [0.15, 0.2) is 21.1 Å². The normalized spacial score (nSPS) is 13.0. The Morgan fingerprint density at radius 3 is 2.43 bits per heavy atom. The Bertz CT molecular complexity index is 440. The summed E-state index contributed by atoms with van der Waals surface area (Å²) in [4.78, 5) is 2.23. The molecule has 0 saturated carbocycles. The van der Waals surface area contributed by atoms with Crippen LogP contribution in [0.2, 0.25) is 0 Å². The summed E-state index contributed by atoms with van der Waals surface area (Å²) in [5, 5.41) is 3.66. The van der Waals surface area contributed by atoms with Gasteiger partial charge in [0.05, 0.1) is 11.6 Å². The number of hydrogen-bond acceptors (Lipinski definition) is 3. The van der Waals surface area contributed by atoms with E-state index in [-0.39, 0.29) is 0 Å². The zero-order valence-corrected chi connectivity index (χ0v) is 16.7. The standard InChI is InChI=1S/C16H26Br2N2O/c1-11(2)6-14(10-20(3)4)19-9-12-7-13(17)8-15(18)16(12)21-5/h7-8,11,14,19H,6,9-10H2,1-5H3. The Labute approximate surface area is 145 Å². The zero-order chi connectivity index (χ0) is 16.0. The van der Waals surface area contributed by atoms with Gasteiger partial charge in [-0.3, -0.25) is 0 Å². The molecule has 1 aromatic carbocycles. The molecule has 0 spiro atoms. The van der Waals surface area contributed by atoms with Crippen molar-refractivity contribution in [2.75, 3.05) is 27.7 Å². The summed E-state index contributed by atoms with van der Waals surface area (Å²) in [5.41, 5.74) is 1.16. The van der Waals surface area contributed by atoms with Crippen LogP contribution in [0.25, 0.3) is 0 Å². The predicted molar refractivity (Wildman–Crippen MR) is 97.0 cm³/mol. The van der Waals surface area contributed by atoms with Gasteiger partial charge in [-0.05, 0) is 54.5 Å². The van der Waals surface area contributed by atoms with Crippen LogP contribution >= 0.6 is 31.9 Å². The molecule has 0 heterocycles. The Morgan fingerprint density at radius 2 is 1.90 bits per heavy atom. The first-order valence-electron chi connectivity index (χ1n) is 7.23. The molecule has 0 aromatic heterocycles. The summed E-state index contributed by atoms with van der Waals surface area (Å²) in [7, 11) is 5.94. The fourth-order valence-corrected chi connectivity index (χ4v) is 3.94. The molecule has 1 aromatic rings. The van der Waals surface area contributed by atoms with E-state index in [0.29, 0.717) is 12.0 Å². The maximum absolute atomic E-state index is 5.51. The summed E-state index contributed by atoms with van der Waals surface area (Å²) >= 11 is 7.10. The summed E-state index contributed by atoms with van der Waals surface area (Å²) < 4.78 is 7.54. The van der Waals surface area contributed by atoms with Gasteiger partial charge in [0.2, 0.25) is 0 Å². The minimum absolute atomic E-state index is 0.475. The number of rotatable bonds is 8. The third-order valence-corrected chi connectivity index (χ3v) is 4.26. The molecule has 1 N–H and O–H groups in total. The van der Waals surface area contributed by atoms with E-state index in [1.54, 1.807) is 7.11 Å². The molecule has 1 rings (SSSR count). The molecular formula is C16H26Br2N2O. The van der Waals surface area contributed by atoms with Crippen molar-refractivity contribution in [2.24, 2.45) is 5.92 Å². The van der Waals surface area contributed by atoms with E-state index >= 15 is 0 Å². The van der Waals surface area contributed by atoms with Crippen molar-refractivity contribution < 1.29 is 4.74 Å². The topological polar surface area (TPSA) is 24.5 Å². The number of benzene rings is 1. The van der Waals surface area contributed by atoms with Crippen LogP contribution in [0.5, 0.6) is 5.75 Å². The lowest BCUT2D eigenvalue weighted by atomic mass is 10.0. The van der Waals surface area contributed by atoms with Crippen LogP contribution in [0.4, 0.5) is 0 Å². The summed E-state index contributed by atoms with van der Waals surface area (Å²) in [5.74, 6) is 1.58. The Balaban J connectivity index is 2.79. The largest absolute Gasteiger partial charge is 0.495 e. The van der Waals surface area contributed by atoms with E-state index in [2.05, 4.69) is 76.1 Å². The number of hydrogen-bond donors (Lipinski definition) is 1. The Hall–Kier alpha value is -0.100. The van der Waals surface area contributed by atoms with Crippen molar-refractivity contribution in [3.63, 3.8) is 0 Å². The monoisotopic (exact) mass is 420 g/mol.